The van der Waals surface area contributed by atoms with Gasteiger partial charge in [0, 0.05) is 12.7 Å². The quantitative estimate of drug-likeness (QED) is 0.539. The van der Waals surface area contributed by atoms with Crippen molar-refractivity contribution in [2.75, 3.05) is 12.0 Å². The molecule has 0 radical (unpaired) electrons. The van der Waals surface area contributed by atoms with E-state index >= 15 is 0 Å². The van der Waals surface area contributed by atoms with Crippen molar-refractivity contribution in [3.8, 4) is 0 Å². The van der Waals surface area contributed by atoms with Gasteiger partial charge in [0.15, 0.2) is 0 Å². The lowest BCUT2D eigenvalue weighted by Crippen LogP contribution is -2.41. The van der Waals surface area contributed by atoms with Gasteiger partial charge in [0.25, 0.3) is 0 Å². The predicted molar refractivity (Wildman–Crippen MR) is 73.8 cm³/mol. The van der Waals surface area contributed by atoms with Crippen LogP contribution in [0.3, 0.4) is 0 Å². The summed E-state index contributed by atoms with van der Waals surface area (Å²) in [5.74, 6) is 5.62. The Morgan fingerprint density at radius 2 is 2.16 bits per heavy atom. The summed E-state index contributed by atoms with van der Waals surface area (Å²) < 4.78 is 27.0. The molecule has 19 heavy (non-hydrogen) atoms. The van der Waals surface area contributed by atoms with Crippen LogP contribution in [0.25, 0.3) is 0 Å². The average Bonchev–Trinajstić information content (AvgIpc) is 2.38. The Hall–Kier alpha value is -1.18. The lowest BCUT2D eigenvalue weighted by Gasteiger charge is -2.41. The molecule has 4 N–H and O–H groups in total. The van der Waals surface area contributed by atoms with E-state index in [0.717, 1.165) is 19.3 Å². The number of nitrogens with two attached hydrogens (primary N) is 1. The molecule has 1 aromatic rings. The fourth-order valence-corrected chi connectivity index (χ4v) is 3.39. The molecule has 0 aromatic carbocycles. The summed E-state index contributed by atoms with van der Waals surface area (Å²) in [6, 6.07) is 3.03. The van der Waals surface area contributed by atoms with E-state index in [-0.39, 0.29) is 10.3 Å². The summed E-state index contributed by atoms with van der Waals surface area (Å²) >= 11 is 0. The number of aromatic nitrogens is 1. The van der Waals surface area contributed by atoms with Gasteiger partial charge in [-0.2, -0.15) is 0 Å². The van der Waals surface area contributed by atoms with Gasteiger partial charge in [-0.15, -0.1) is 0 Å². The van der Waals surface area contributed by atoms with E-state index in [0.29, 0.717) is 12.4 Å². The maximum atomic E-state index is 12.1. The van der Waals surface area contributed by atoms with Crippen LogP contribution >= 0.6 is 0 Å². The third-order valence-corrected chi connectivity index (χ3v) is 5.38. The van der Waals surface area contributed by atoms with Gasteiger partial charge in [-0.25, -0.2) is 24.0 Å². The zero-order chi connectivity index (χ0) is 13.9. The van der Waals surface area contributed by atoms with E-state index in [1.165, 1.54) is 24.8 Å². The van der Waals surface area contributed by atoms with Gasteiger partial charge in [0.05, 0.1) is 0 Å². The molecule has 1 aromatic heterocycles. The minimum atomic E-state index is -3.49. The molecule has 0 unspecified atom stereocenters. The minimum Gasteiger partial charge on any atom is -0.308 e. The van der Waals surface area contributed by atoms with Gasteiger partial charge in [0.2, 0.25) is 10.0 Å². The van der Waals surface area contributed by atoms with Crippen LogP contribution in [0.15, 0.2) is 23.2 Å². The van der Waals surface area contributed by atoms with Crippen molar-refractivity contribution in [3.05, 3.63) is 18.3 Å². The molecule has 1 aliphatic rings. The SMILES string of the molecule is CCC1(CNS(=O)(=O)c2ccc(NN)nc2)CCC1. The number of sulfonamides is 1. The van der Waals surface area contributed by atoms with Gasteiger partial charge in [-0.05, 0) is 36.8 Å². The predicted octanol–water partition coefficient (Wildman–Crippen LogP) is 1.23. The Morgan fingerprint density at radius 3 is 2.58 bits per heavy atom. The Morgan fingerprint density at radius 1 is 1.42 bits per heavy atom. The van der Waals surface area contributed by atoms with Crippen LogP contribution in [-0.4, -0.2) is 19.9 Å². The zero-order valence-electron chi connectivity index (χ0n) is 11.0. The van der Waals surface area contributed by atoms with E-state index < -0.39 is 10.0 Å². The molecule has 2 rings (SSSR count). The number of anilines is 1. The lowest BCUT2D eigenvalue weighted by molar-refractivity contribution is 0.133. The van der Waals surface area contributed by atoms with E-state index in [4.69, 9.17) is 5.84 Å². The van der Waals surface area contributed by atoms with Crippen molar-refractivity contribution in [2.24, 2.45) is 11.3 Å². The topological polar surface area (TPSA) is 97.1 Å². The van der Waals surface area contributed by atoms with Crippen LogP contribution in [0.5, 0.6) is 0 Å². The number of pyridine rings is 1. The highest BCUT2D eigenvalue weighted by atomic mass is 32.2. The molecule has 1 fully saturated rings. The van der Waals surface area contributed by atoms with Crippen LogP contribution in [0.4, 0.5) is 5.82 Å². The van der Waals surface area contributed by atoms with Crippen LogP contribution in [0.1, 0.15) is 32.6 Å². The second kappa shape index (κ2) is 5.44. The second-order valence-electron chi connectivity index (χ2n) is 5.06. The molecule has 6 nitrogen and oxygen atoms in total. The van der Waals surface area contributed by atoms with Crippen molar-refractivity contribution in [1.29, 1.82) is 0 Å². The molecule has 0 spiro atoms. The Labute approximate surface area is 113 Å². The van der Waals surface area contributed by atoms with Crippen LogP contribution in [-0.2, 0) is 10.0 Å². The molecule has 0 saturated heterocycles. The number of hydrogen-bond acceptors (Lipinski definition) is 5. The first-order chi connectivity index (χ1) is 9.01. The van der Waals surface area contributed by atoms with E-state index in [1.54, 1.807) is 0 Å². The molecule has 0 aliphatic heterocycles. The molecule has 0 atom stereocenters. The number of nitrogens with one attached hydrogen (secondary N) is 2. The van der Waals surface area contributed by atoms with Crippen LogP contribution in [0.2, 0.25) is 0 Å². The number of hydrazine groups is 1. The molecule has 1 aliphatic carbocycles. The highest BCUT2D eigenvalue weighted by molar-refractivity contribution is 7.89. The Bertz CT molecular complexity index is 518. The average molecular weight is 284 g/mol. The van der Waals surface area contributed by atoms with Crippen LogP contribution in [0, 0.1) is 5.41 Å². The normalized spacial score (nSPS) is 17.8. The molecule has 7 heteroatoms. The fourth-order valence-electron chi connectivity index (χ4n) is 2.29. The standard InChI is InChI=1S/C12H20N4O2S/c1-2-12(6-3-7-12)9-15-19(17,18)10-4-5-11(16-13)14-8-10/h4-5,8,15H,2-3,6-7,9,13H2,1H3,(H,14,16). The van der Waals surface area contributed by atoms with Gasteiger partial charge in [0.1, 0.15) is 10.7 Å². The third-order valence-electron chi connectivity index (χ3n) is 4.00. The molecule has 0 bridgehead atoms. The van der Waals surface area contributed by atoms with Gasteiger partial charge in [-0.1, -0.05) is 13.3 Å². The monoisotopic (exact) mass is 284 g/mol. The van der Waals surface area contributed by atoms with Crippen molar-refractivity contribution in [1.82, 2.24) is 9.71 Å². The number of nitrogens with zero attached hydrogens (tertiary/aromatic N) is 1. The van der Waals surface area contributed by atoms with Crippen LogP contribution < -0.4 is 16.0 Å². The molecule has 0 amide bonds. The van der Waals surface area contributed by atoms with Gasteiger partial charge >= 0.3 is 0 Å². The summed E-state index contributed by atoms with van der Waals surface area (Å²) in [6.07, 6.45) is 5.69. The Balaban J connectivity index is 2.05. The summed E-state index contributed by atoms with van der Waals surface area (Å²) in [6.45, 7) is 2.61. The van der Waals surface area contributed by atoms with E-state index in [1.807, 2.05) is 0 Å². The fraction of sp³-hybridized carbons (Fsp3) is 0.583. The van der Waals surface area contributed by atoms with E-state index in [2.05, 4.69) is 22.1 Å². The summed E-state index contributed by atoms with van der Waals surface area (Å²) in [5, 5.41) is 0. The smallest absolute Gasteiger partial charge is 0.242 e. The largest absolute Gasteiger partial charge is 0.308 e. The molecular weight excluding hydrogens is 264 g/mol. The maximum Gasteiger partial charge on any atom is 0.242 e. The highest BCUT2D eigenvalue weighted by Gasteiger charge is 2.36. The summed E-state index contributed by atoms with van der Waals surface area (Å²) in [5.41, 5.74) is 2.51. The second-order valence-corrected chi connectivity index (χ2v) is 6.82. The summed E-state index contributed by atoms with van der Waals surface area (Å²) in [4.78, 5) is 4.07. The lowest BCUT2D eigenvalue weighted by atomic mass is 9.67. The number of nitrogen functional groups attached to an aromatic ring is 1. The zero-order valence-corrected chi connectivity index (χ0v) is 11.8. The molecular formula is C12H20N4O2S. The Kier molecular flexibility index (Phi) is 4.07. The third kappa shape index (κ3) is 3.05. The molecule has 1 heterocycles. The van der Waals surface area contributed by atoms with E-state index in [9.17, 15) is 8.42 Å². The first-order valence-electron chi connectivity index (χ1n) is 6.44. The van der Waals surface area contributed by atoms with Crippen molar-refractivity contribution in [3.63, 3.8) is 0 Å². The van der Waals surface area contributed by atoms with Crippen molar-refractivity contribution >= 4 is 15.8 Å². The highest BCUT2D eigenvalue weighted by Crippen LogP contribution is 2.43. The molecule has 106 valence electrons. The maximum absolute atomic E-state index is 12.1. The first kappa shape index (κ1) is 14.2. The van der Waals surface area contributed by atoms with Gasteiger partial charge < -0.3 is 5.43 Å². The number of hydrogen-bond donors (Lipinski definition) is 3. The first-order valence-corrected chi connectivity index (χ1v) is 7.92. The van der Waals surface area contributed by atoms with Crippen molar-refractivity contribution in [2.45, 2.75) is 37.5 Å². The minimum absolute atomic E-state index is 0.152. The van der Waals surface area contributed by atoms with Crippen molar-refractivity contribution < 1.29 is 8.42 Å². The number of rotatable bonds is 6. The summed E-state index contributed by atoms with van der Waals surface area (Å²) in [7, 11) is -3.49. The van der Waals surface area contributed by atoms with Gasteiger partial charge in [-0.3, -0.25) is 0 Å². The molecule has 1 saturated carbocycles.